The second kappa shape index (κ2) is 4.62. The van der Waals surface area contributed by atoms with E-state index >= 15 is 0 Å². The van der Waals surface area contributed by atoms with Crippen LogP contribution >= 0.6 is 11.6 Å². The number of halogens is 1. The van der Waals surface area contributed by atoms with E-state index < -0.39 is 5.97 Å². The Balaban J connectivity index is 2.48. The van der Waals surface area contributed by atoms with Crippen LogP contribution in [-0.2, 0) is 0 Å². The molecule has 2 rings (SSSR count). The summed E-state index contributed by atoms with van der Waals surface area (Å²) in [5.41, 5.74) is 7.30. The number of carboxylic acids is 1. The lowest BCUT2D eigenvalue weighted by atomic mass is 10.1. The van der Waals surface area contributed by atoms with Crippen LogP contribution in [0.2, 0.25) is 5.02 Å². The number of rotatable bonds is 2. The van der Waals surface area contributed by atoms with Crippen LogP contribution in [0.5, 0.6) is 0 Å². The fourth-order valence-electron chi connectivity index (χ4n) is 1.50. The van der Waals surface area contributed by atoms with Gasteiger partial charge in [0, 0.05) is 11.8 Å². The quantitative estimate of drug-likeness (QED) is 0.812. The van der Waals surface area contributed by atoms with Gasteiger partial charge >= 0.3 is 5.97 Å². The topological polar surface area (TPSA) is 89.1 Å². The fourth-order valence-corrected chi connectivity index (χ4v) is 1.62. The minimum atomic E-state index is -1.05. The summed E-state index contributed by atoms with van der Waals surface area (Å²) in [6.45, 7) is 1.62. The van der Waals surface area contributed by atoms with E-state index in [4.69, 9.17) is 22.4 Å². The smallest absolute Gasteiger partial charge is 0.339 e. The van der Waals surface area contributed by atoms with Gasteiger partial charge in [-0.2, -0.15) is 0 Å². The molecule has 0 atom stereocenters. The van der Waals surface area contributed by atoms with Crippen molar-refractivity contribution < 1.29 is 9.90 Å². The van der Waals surface area contributed by atoms with E-state index in [2.05, 4.69) is 9.97 Å². The molecule has 0 aliphatic carbocycles. The number of nitrogens with zero attached hydrogens (tertiary/aromatic N) is 2. The average molecular weight is 264 g/mol. The summed E-state index contributed by atoms with van der Waals surface area (Å²) in [6, 6.07) is 5.03. The first-order valence-corrected chi connectivity index (χ1v) is 5.49. The van der Waals surface area contributed by atoms with Crippen LogP contribution in [0, 0.1) is 6.92 Å². The van der Waals surface area contributed by atoms with E-state index in [1.807, 2.05) is 0 Å². The summed E-state index contributed by atoms with van der Waals surface area (Å²) < 4.78 is 0. The van der Waals surface area contributed by atoms with Crippen molar-refractivity contribution in [2.45, 2.75) is 6.92 Å². The van der Waals surface area contributed by atoms with Crippen LogP contribution in [0.3, 0.4) is 0 Å². The molecule has 0 amide bonds. The highest BCUT2D eigenvalue weighted by molar-refractivity contribution is 6.33. The van der Waals surface area contributed by atoms with Crippen LogP contribution < -0.4 is 5.73 Å². The number of nitrogens with two attached hydrogens (primary N) is 1. The maximum Gasteiger partial charge on any atom is 0.339 e. The minimum Gasteiger partial charge on any atom is -0.478 e. The van der Waals surface area contributed by atoms with Gasteiger partial charge in [0.15, 0.2) is 5.82 Å². The Kier molecular flexibility index (Phi) is 3.16. The monoisotopic (exact) mass is 263 g/mol. The molecular formula is C12H10ClN3O2. The molecule has 0 aliphatic heterocycles. The van der Waals surface area contributed by atoms with Gasteiger partial charge in [-0.25, -0.2) is 14.8 Å². The molecule has 1 aromatic carbocycles. The molecule has 0 saturated heterocycles. The first kappa shape index (κ1) is 12.3. The third-order valence-corrected chi connectivity index (χ3v) is 2.81. The summed E-state index contributed by atoms with van der Waals surface area (Å²) in [5.74, 6) is -0.629. The molecule has 0 unspecified atom stereocenters. The first-order valence-electron chi connectivity index (χ1n) is 5.11. The number of aromatic nitrogens is 2. The predicted octanol–water partition coefficient (Wildman–Crippen LogP) is 2.39. The maximum absolute atomic E-state index is 10.9. The van der Waals surface area contributed by atoms with Crippen LogP contribution in [0.1, 0.15) is 16.1 Å². The lowest BCUT2D eigenvalue weighted by Gasteiger charge is -2.05. The second-order valence-electron chi connectivity index (χ2n) is 3.73. The van der Waals surface area contributed by atoms with Gasteiger partial charge < -0.3 is 10.8 Å². The number of anilines is 1. The van der Waals surface area contributed by atoms with Crippen molar-refractivity contribution in [3.05, 3.63) is 40.7 Å². The van der Waals surface area contributed by atoms with Crippen molar-refractivity contribution in [1.29, 1.82) is 0 Å². The van der Waals surface area contributed by atoms with Crippen LogP contribution in [0.25, 0.3) is 11.4 Å². The maximum atomic E-state index is 10.9. The third kappa shape index (κ3) is 2.26. The highest BCUT2D eigenvalue weighted by atomic mass is 35.5. The molecule has 6 heteroatoms. The van der Waals surface area contributed by atoms with Crippen molar-refractivity contribution >= 4 is 23.3 Å². The molecule has 1 heterocycles. The number of aromatic carboxylic acids is 1. The molecule has 0 spiro atoms. The van der Waals surface area contributed by atoms with Gasteiger partial charge in [0.2, 0.25) is 0 Å². The molecule has 0 saturated carbocycles. The molecule has 1 aromatic heterocycles. The van der Waals surface area contributed by atoms with Gasteiger partial charge in [-0.05, 0) is 25.1 Å². The summed E-state index contributed by atoms with van der Waals surface area (Å²) in [7, 11) is 0. The molecule has 0 radical (unpaired) electrons. The number of nitrogen functional groups attached to an aromatic ring is 1. The zero-order valence-electron chi connectivity index (χ0n) is 9.51. The van der Waals surface area contributed by atoms with E-state index in [9.17, 15) is 4.79 Å². The molecule has 0 aliphatic rings. The second-order valence-corrected chi connectivity index (χ2v) is 4.14. The summed E-state index contributed by atoms with van der Waals surface area (Å²) >= 11 is 5.82. The van der Waals surface area contributed by atoms with Gasteiger partial charge in [0.05, 0.1) is 22.0 Å². The summed E-state index contributed by atoms with van der Waals surface area (Å²) in [5, 5.41) is 9.35. The highest BCUT2D eigenvalue weighted by Crippen LogP contribution is 2.24. The Morgan fingerprint density at radius 1 is 1.44 bits per heavy atom. The zero-order valence-corrected chi connectivity index (χ0v) is 10.3. The van der Waals surface area contributed by atoms with Gasteiger partial charge in [0.1, 0.15) is 0 Å². The Morgan fingerprint density at radius 3 is 2.72 bits per heavy atom. The van der Waals surface area contributed by atoms with E-state index in [1.165, 1.54) is 6.20 Å². The molecule has 18 heavy (non-hydrogen) atoms. The Labute approximate surface area is 108 Å². The Hall–Kier alpha value is -2.14. The third-order valence-electron chi connectivity index (χ3n) is 2.46. The summed E-state index contributed by atoms with van der Waals surface area (Å²) in [4.78, 5) is 19.0. The number of hydrogen-bond donors (Lipinski definition) is 2. The molecule has 0 bridgehead atoms. The Bertz CT molecular complexity index is 629. The SMILES string of the molecule is Cc1nc(-c2ccc(Cl)c(N)c2)ncc1C(=O)O. The first-order chi connectivity index (χ1) is 8.49. The van der Waals surface area contributed by atoms with Gasteiger partial charge in [-0.1, -0.05) is 11.6 Å². The lowest BCUT2D eigenvalue weighted by molar-refractivity contribution is 0.0695. The number of benzene rings is 1. The molecule has 0 fully saturated rings. The molecular weight excluding hydrogens is 254 g/mol. The predicted molar refractivity (Wildman–Crippen MR) is 68.6 cm³/mol. The van der Waals surface area contributed by atoms with Gasteiger partial charge in [0.25, 0.3) is 0 Å². The molecule has 2 aromatic rings. The standard InChI is InChI=1S/C12H10ClN3O2/c1-6-8(12(17)18)5-15-11(16-6)7-2-3-9(13)10(14)4-7/h2-5H,14H2,1H3,(H,17,18). The van der Waals surface area contributed by atoms with Crippen LogP contribution in [0.15, 0.2) is 24.4 Å². The van der Waals surface area contributed by atoms with E-state index in [1.54, 1.807) is 25.1 Å². The van der Waals surface area contributed by atoms with Crippen molar-refractivity contribution in [2.75, 3.05) is 5.73 Å². The average Bonchev–Trinajstić information content (AvgIpc) is 2.32. The lowest BCUT2D eigenvalue weighted by Crippen LogP contribution is -2.04. The van der Waals surface area contributed by atoms with Crippen LogP contribution in [-0.4, -0.2) is 21.0 Å². The number of carboxylic acid groups (broad SMARTS) is 1. The highest BCUT2D eigenvalue weighted by Gasteiger charge is 2.11. The van der Waals surface area contributed by atoms with Gasteiger partial charge in [-0.3, -0.25) is 0 Å². The number of carbonyl (C=O) groups is 1. The Morgan fingerprint density at radius 2 is 2.17 bits per heavy atom. The number of hydrogen-bond acceptors (Lipinski definition) is 4. The van der Waals surface area contributed by atoms with Crippen molar-refractivity contribution in [3.8, 4) is 11.4 Å². The largest absolute Gasteiger partial charge is 0.478 e. The molecule has 92 valence electrons. The van der Waals surface area contributed by atoms with E-state index in [0.717, 1.165) is 0 Å². The van der Waals surface area contributed by atoms with Crippen molar-refractivity contribution in [3.63, 3.8) is 0 Å². The minimum absolute atomic E-state index is 0.0840. The zero-order chi connectivity index (χ0) is 13.3. The molecule has 3 N–H and O–H groups in total. The normalized spacial score (nSPS) is 10.3. The fraction of sp³-hybridized carbons (Fsp3) is 0.0833. The van der Waals surface area contributed by atoms with Gasteiger partial charge in [-0.15, -0.1) is 0 Å². The van der Waals surface area contributed by atoms with E-state index in [0.29, 0.717) is 27.8 Å². The summed E-state index contributed by atoms with van der Waals surface area (Å²) in [6.07, 6.45) is 1.28. The number of aryl methyl sites for hydroxylation is 1. The van der Waals surface area contributed by atoms with Crippen molar-refractivity contribution in [2.24, 2.45) is 0 Å². The molecule has 5 nitrogen and oxygen atoms in total. The van der Waals surface area contributed by atoms with Crippen molar-refractivity contribution in [1.82, 2.24) is 9.97 Å². The van der Waals surface area contributed by atoms with E-state index in [-0.39, 0.29) is 5.56 Å². The van der Waals surface area contributed by atoms with Crippen LogP contribution in [0.4, 0.5) is 5.69 Å².